The Bertz CT molecular complexity index is 419. The van der Waals surface area contributed by atoms with Gasteiger partial charge in [-0.25, -0.2) is 0 Å². The molecule has 0 saturated carbocycles. The molecule has 2 rings (SSSR count). The summed E-state index contributed by atoms with van der Waals surface area (Å²) in [7, 11) is 0. The number of benzene rings is 1. The summed E-state index contributed by atoms with van der Waals surface area (Å²) in [6, 6.07) is 7.76. The third-order valence-corrected chi connectivity index (χ3v) is 3.68. The lowest BCUT2D eigenvalue weighted by molar-refractivity contribution is -0.119. The van der Waals surface area contributed by atoms with Gasteiger partial charge >= 0.3 is 0 Å². The van der Waals surface area contributed by atoms with E-state index >= 15 is 0 Å². The molecule has 0 atom stereocenters. The van der Waals surface area contributed by atoms with Crippen molar-refractivity contribution in [2.75, 3.05) is 51.3 Å². The number of nitrogens with one attached hydrogen (secondary N) is 2. The zero-order chi connectivity index (χ0) is 14.2. The highest BCUT2D eigenvalue weighted by atomic mass is 79.9. The van der Waals surface area contributed by atoms with Crippen molar-refractivity contribution in [2.24, 2.45) is 0 Å². The SMILES string of the molecule is O=C(CNc1ccc(Br)cc1)NCCN1CCOCC1. The van der Waals surface area contributed by atoms with Crippen LogP contribution in [0, 0.1) is 0 Å². The Kier molecular flexibility index (Phi) is 6.29. The summed E-state index contributed by atoms with van der Waals surface area (Å²) in [5.41, 5.74) is 0.941. The molecule has 1 aromatic carbocycles. The maximum atomic E-state index is 11.7. The van der Waals surface area contributed by atoms with Gasteiger partial charge in [0.05, 0.1) is 19.8 Å². The number of anilines is 1. The number of hydrogen-bond donors (Lipinski definition) is 2. The van der Waals surface area contributed by atoms with Gasteiger partial charge in [0.15, 0.2) is 0 Å². The highest BCUT2D eigenvalue weighted by Gasteiger charge is 2.09. The number of hydrogen-bond acceptors (Lipinski definition) is 4. The number of carbonyl (C=O) groups excluding carboxylic acids is 1. The van der Waals surface area contributed by atoms with E-state index in [2.05, 4.69) is 31.5 Å². The largest absolute Gasteiger partial charge is 0.379 e. The van der Waals surface area contributed by atoms with Crippen LogP contribution in [0.25, 0.3) is 0 Å². The number of halogens is 1. The van der Waals surface area contributed by atoms with E-state index in [0.717, 1.165) is 43.0 Å². The van der Waals surface area contributed by atoms with Gasteiger partial charge in [-0.3, -0.25) is 9.69 Å². The Hall–Kier alpha value is -1.11. The fraction of sp³-hybridized carbons (Fsp3) is 0.500. The van der Waals surface area contributed by atoms with Crippen LogP contribution in [-0.4, -0.2) is 56.7 Å². The zero-order valence-corrected chi connectivity index (χ0v) is 13.0. The Morgan fingerprint density at radius 2 is 1.95 bits per heavy atom. The lowest BCUT2D eigenvalue weighted by Gasteiger charge is -2.26. The molecule has 0 spiro atoms. The minimum Gasteiger partial charge on any atom is -0.379 e. The van der Waals surface area contributed by atoms with Gasteiger partial charge in [0.25, 0.3) is 0 Å². The molecule has 1 aliphatic heterocycles. The van der Waals surface area contributed by atoms with Gasteiger partial charge in [-0.1, -0.05) is 15.9 Å². The van der Waals surface area contributed by atoms with Crippen molar-refractivity contribution in [3.8, 4) is 0 Å². The number of morpholine rings is 1. The molecule has 1 aromatic rings. The Labute approximate surface area is 127 Å². The van der Waals surface area contributed by atoms with Crippen LogP contribution in [0.2, 0.25) is 0 Å². The summed E-state index contributed by atoms with van der Waals surface area (Å²) in [5.74, 6) is 0.0150. The van der Waals surface area contributed by atoms with Gasteiger partial charge in [-0.05, 0) is 24.3 Å². The normalized spacial score (nSPS) is 15.8. The molecular weight excluding hydrogens is 322 g/mol. The van der Waals surface area contributed by atoms with Gasteiger partial charge in [-0.15, -0.1) is 0 Å². The number of nitrogens with zero attached hydrogens (tertiary/aromatic N) is 1. The molecule has 0 unspecified atom stereocenters. The lowest BCUT2D eigenvalue weighted by atomic mass is 10.3. The van der Waals surface area contributed by atoms with E-state index in [9.17, 15) is 4.79 Å². The predicted molar refractivity (Wildman–Crippen MR) is 82.9 cm³/mol. The van der Waals surface area contributed by atoms with Gasteiger partial charge < -0.3 is 15.4 Å². The minimum absolute atomic E-state index is 0.0150. The van der Waals surface area contributed by atoms with Gasteiger partial charge in [-0.2, -0.15) is 0 Å². The number of ether oxygens (including phenoxy) is 1. The van der Waals surface area contributed by atoms with E-state index in [1.165, 1.54) is 0 Å². The molecule has 0 aliphatic carbocycles. The molecule has 6 heteroatoms. The van der Waals surface area contributed by atoms with E-state index in [4.69, 9.17) is 4.74 Å². The number of amides is 1. The molecule has 20 heavy (non-hydrogen) atoms. The lowest BCUT2D eigenvalue weighted by Crippen LogP contribution is -2.42. The third kappa shape index (κ3) is 5.48. The summed E-state index contributed by atoms with van der Waals surface area (Å²) in [5, 5.41) is 6.01. The number of rotatable bonds is 6. The van der Waals surface area contributed by atoms with E-state index in [1.807, 2.05) is 24.3 Å². The molecule has 1 fully saturated rings. The first-order chi connectivity index (χ1) is 9.74. The quantitative estimate of drug-likeness (QED) is 0.819. The average Bonchev–Trinajstić information content (AvgIpc) is 2.48. The fourth-order valence-corrected chi connectivity index (χ4v) is 2.26. The van der Waals surface area contributed by atoms with Crippen LogP contribution in [0.3, 0.4) is 0 Å². The van der Waals surface area contributed by atoms with Crippen molar-refractivity contribution in [1.82, 2.24) is 10.2 Å². The van der Waals surface area contributed by atoms with Crippen molar-refractivity contribution in [3.05, 3.63) is 28.7 Å². The Morgan fingerprint density at radius 3 is 2.65 bits per heavy atom. The summed E-state index contributed by atoms with van der Waals surface area (Å²) in [4.78, 5) is 14.0. The second kappa shape index (κ2) is 8.24. The van der Waals surface area contributed by atoms with Gasteiger partial charge in [0.2, 0.25) is 5.91 Å². The first-order valence-corrected chi connectivity index (χ1v) is 7.59. The third-order valence-electron chi connectivity index (χ3n) is 3.15. The molecule has 110 valence electrons. The van der Waals surface area contributed by atoms with Crippen LogP contribution in [0.1, 0.15) is 0 Å². The molecule has 1 heterocycles. The molecule has 1 amide bonds. The Morgan fingerprint density at radius 1 is 1.25 bits per heavy atom. The smallest absolute Gasteiger partial charge is 0.239 e. The van der Waals surface area contributed by atoms with Crippen molar-refractivity contribution in [1.29, 1.82) is 0 Å². The van der Waals surface area contributed by atoms with Crippen molar-refractivity contribution in [3.63, 3.8) is 0 Å². The van der Waals surface area contributed by atoms with E-state index < -0.39 is 0 Å². The van der Waals surface area contributed by atoms with Gasteiger partial charge in [0.1, 0.15) is 0 Å². The minimum atomic E-state index is 0.0150. The standard InChI is InChI=1S/C14H20BrN3O2/c15-12-1-3-13(4-2-12)17-11-14(19)16-5-6-18-7-9-20-10-8-18/h1-4,17H,5-11H2,(H,16,19). The second-order valence-corrected chi connectivity index (χ2v) is 5.58. The van der Waals surface area contributed by atoms with Crippen LogP contribution < -0.4 is 10.6 Å². The number of carbonyl (C=O) groups is 1. The summed E-state index contributed by atoms with van der Waals surface area (Å²) in [6.45, 7) is 5.34. The second-order valence-electron chi connectivity index (χ2n) is 4.66. The van der Waals surface area contributed by atoms with E-state index in [0.29, 0.717) is 13.1 Å². The average molecular weight is 342 g/mol. The van der Waals surface area contributed by atoms with Crippen LogP contribution in [0.15, 0.2) is 28.7 Å². The first-order valence-electron chi connectivity index (χ1n) is 6.80. The summed E-state index contributed by atoms with van der Waals surface area (Å²) >= 11 is 3.38. The van der Waals surface area contributed by atoms with E-state index in [-0.39, 0.29) is 5.91 Å². The molecule has 1 aliphatic rings. The van der Waals surface area contributed by atoms with Crippen molar-refractivity contribution < 1.29 is 9.53 Å². The molecule has 0 aromatic heterocycles. The van der Waals surface area contributed by atoms with Crippen LogP contribution in [0.5, 0.6) is 0 Å². The Balaban J connectivity index is 1.59. The highest BCUT2D eigenvalue weighted by Crippen LogP contribution is 2.13. The summed E-state index contributed by atoms with van der Waals surface area (Å²) < 4.78 is 6.31. The van der Waals surface area contributed by atoms with E-state index in [1.54, 1.807) is 0 Å². The highest BCUT2D eigenvalue weighted by molar-refractivity contribution is 9.10. The predicted octanol–water partition coefficient (Wildman–Crippen LogP) is 1.31. The molecule has 0 radical (unpaired) electrons. The van der Waals surface area contributed by atoms with Crippen LogP contribution in [-0.2, 0) is 9.53 Å². The topological polar surface area (TPSA) is 53.6 Å². The summed E-state index contributed by atoms with van der Waals surface area (Å²) in [6.07, 6.45) is 0. The maximum Gasteiger partial charge on any atom is 0.239 e. The van der Waals surface area contributed by atoms with Gasteiger partial charge in [0, 0.05) is 36.3 Å². The zero-order valence-electron chi connectivity index (χ0n) is 11.4. The molecule has 1 saturated heterocycles. The molecule has 5 nitrogen and oxygen atoms in total. The fourth-order valence-electron chi connectivity index (χ4n) is 1.99. The first kappa shape index (κ1) is 15.3. The van der Waals surface area contributed by atoms with Crippen LogP contribution in [0.4, 0.5) is 5.69 Å². The monoisotopic (exact) mass is 341 g/mol. The van der Waals surface area contributed by atoms with Crippen molar-refractivity contribution in [2.45, 2.75) is 0 Å². The van der Waals surface area contributed by atoms with Crippen LogP contribution >= 0.6 is 15.9 Å². The maximum absolute atomic E-state index is 11.7. The van der Waals surface area contributed by atoms with Crippen molar-refractivity contribution >= 4 is 27.5 Å². The molecule has 2 N–H and O–H groups in total. The molecular formula is C14H20BrN3O2. The molecule has 0 bridgehead atoms.